The van der Waals surface area contributed by atoms with Crippen molar-refractivity contribution in [2.24, 2.45) is 0 Å². The van der Waals surface area contributed by atoms with Crippen LogP contribution in [0.3, 0.4) is 0 Å². The lowest BCUT2D eigenvalue weighted by atomic mass is 9.94. The molecule has 0 aliphatic carbocycles. The molecule has 0 radical (unpaired) electrons. The van der Waals surface area contributed by atoms with Gasteiger partial charge in [0.2, 0.25) is 5.91 Å². The van der Waals surface area contributed by atoms with Crippen molar-refractivity contribution in [3.05, 3.63) is 41.3 Å². The third kappa shape index (κ3) is 3.72. The van der Waals surface area contributed by atoms with E-state index in [1.807, 2.05) is 24.4 Å². The van der Waals surface area contributed by atoms with Crippen LogP contribution in [0.4, 0.5) is 0 Å². The highest BCUT2D eigenvalue weighted by Crippen LogP contribution is 2.20. The van der Waals surface area contributed by atoms with Gasteiger partial charge in [0.15, 0.2) is 5.15 Å². The lowest BCUT2D eigenvalue weighted by Gasteiger charge is -2.31. The van der Waals surface area contributed by atoms with Gasteiger partial charge in [-0.3, -0.25) is 9.20 Å². The van der Waals surface area contributed by atoms with E-state index in [4.69, 9.17) is 16.3 Å². The summed E-state index contributed by atoms with van der Waals surface area (Å²) in [4.78, 5) is 16.2. The van der Waals surface area contributed by atoms with E-state index in [-0.39, 0.29) is 12.5 Å². The summed E-state index contributed by atoms with van der Waals surface area (Å²) >= 11 is 6.10. The van der Waals surface area contributed by atoms with Gasteiger partial charge in [0, 0.05) is 44.9 Å². The quantitative estimate of drug-likeness (QED) is 0.833. The topological polar surface area (TPSA) is 75.9 Å². The molecule has 3 heterocycles. The van der Waals surface area contributed by atoms with E-state index in [1.54, 1.807) is 10.5 Å². The predicted molar refractivity (Wildman–Crippen MR) is 87.2 cm³/mol. The number of nitrogens with one attached hydrogen (secondary N) is 1. The number of imidazole rings is 1. The molecular weight excluding hydrogens is 318 g/mol. The summed E-state index contributed by atoms with van der Waals surface area (Å²) in [7, 11) is 0. The molecule has 6 nitrogen and oxygen atoms in total. The molecule has 1 aliphatic heterocycles. The molecular formula is C16H18ClN3O3. The van der Waals surface area contributed by atoms with Crippen molar-refractivity contribution in [3.63, 3.8) is 0 Å². The average Bonchev–Trinajstić information content (AvgIpc) is 2.87. The summed E-state index contributed by atoms with van der Waals surface area (Å²) in [5, 5.41) is 13.4. The maximum atomic E-state index is 12.0. The molecule has 0 atom stereocenters. The van der Waals surface area contributed by atoms with Gasteiger partial charge in [0.25, 0.3) is 0 Å². The first kappa shape index (κ1) is 16.0. The van der Waals surface area contributed by atoms with E-state index in [1.165, 1.54) is 6.08 Å². The predicted octanol–water partition coefficient (Wildman–Crippen LogP) is 1.66. The van der Waals surface area contributed by atoms with Crippen LogP contribution in [0.15, 0.2) is 30.5 Å². The number of aliphatic hydroxyl groups is 1. The Hall–Kier alpha value is -1.89. The molecule has 0 saturated carbocycles. The Morgan fingerprint density at radius 2 is 2.26 bits per heavy atom. The number of carbonyl (C=O) groups excluding carboxylic acids is 1. The third-order valence-corrected chi connectivity index (χ3v) is 4.21. The van der Waals surface area contributed by atoms with Crippen molar-refractivity contribution >= 4 is 29.2 Å². The zero-order valence-corrected chi connectivity index (χ0v) is 13.3. The summed E-state index contributed by atoms with van der Waals surface area (Å²) in [6.45, 7) is 1.24. The monoisotopic (exact) mass is 335 g/mol. The van der Waals surface area contributed by atoms with Crippen molar-refractivity contribution in [3.8, 4) is 0 Å². The zero-order chi connectivity index (χ0) is 16.3. The summed E-state index contributed by atoms with van der Waals surface area (Å²) in [6, 6.07) is 5.57. The van der Waals surface area contributed by atoms with Crippen LogP contribution >= 0.6 is 11.6 Å². The molecule has 0 bridgehead atoms. The van der Waals surface area contributed by atoms with Crippen LogP contribution in [-0.4, -0.2) is 45.8 Å². The van der Waals surface area contributed by atoms with Crippen molar-refractivity contribution in [2.75, 3.05) is 19.8 Å². The first-order valence-electron chi connectivity index (χ1n) is 7.46. The van der Waals surface area contributed by atoms with E-state index in [0.29, 0.717) is 42.5 Å². The normalized spacial score (nSPS) is 17.7. The molecule has 2 aromatic heterocycles. The third-order valence-electron chi connectivity index (χ3n) is 3.93. The highest BCUT2D eigenvalue weighted by molar-refractivity contribution is 6.31. The maximum absolute atomic E-state index is 12.0. The van der Waals surface area contributed by atoms with Gasteiger partial charge in [-0.2, -0.15) is 0 Å². The van der Waals surface area contributed by atoms with Gasteiger partial charge < -0.3 is 15.2 Å². The standard InChI is InChI=1S/C16H18ClN3O3/c17-15-12(20-8-2-1-3-13(20)19-15)4-5-14(21)18-11-16(22)6-9-23-10-7-16/h1-5,8,22H,6-7,9-11H2,(H,18,21). The minimum Gasteiger partial charge on any atom is -0.388 e. The number of hydrogen-bond acceptors (Lipinski definition) is 4. The molecule has 2 N–H and O–H groups in total. The Bertz CT molecular complexity index is 735. The molecule has 7 heteroatoms. The van der Waals surface area contributed by atoms with Crippen LogP contribution in [0, 0.1) is 0 Å². The Morgan fingerprint density at radius 3 is 3.04 bits per heavy atom. The molecule has 2 aromatic rings. The van der Waals surface area contributed by atoms with E-state index >= 15 is 0 Å². The molecule has 1 aliphatic rings. The van der Waals surface area contributed by atoms with E-state index < -0.39 is 5.60 Å². The van der Waals surface area contributed by atoms with Crippen LogP contribution in [0.1, 0.15) is 18.5 Å². The first-order chi connectivity index (χ1) is 11.1. The second-order valence-electron chi connectivity index (χ2n) is 5.60. The largest absolute Gasteiger partial charge is 0.388 e. The molecule has 23 heavy (non-hydrogen) atoms. The zero-order valence-electron chi connectivity index (χ0n) is 12.5. The average molecular weight is 336 g/mol. The number of nitrogens with zero attached hydrogens (tertiary/aromatic N) is 2. The first-order valence-corrected chi connectivity index (χ1v) is 7.84. The van der Waals surface area contributed by atoms with Crippen molar-refractivity contribution in [1.29, 1.82) is 0 Å². The summed E-state index contributed by atoms with van der Waals surface area (Å²) < 4.78 is 7.01. The molecule has 122 valence electrons. The molecule has 0 spiro atoms. The minimum absolute atomic E-state index is 0.209. The van der Waals surface area contributed by atoms with Gasteiger partial charge >= 0.3 is 0 Å². The second kappa shape index (κ2) is 6.70. The second-order valence-corrected chi connectivity index (χ2v) is 5.96. The molecule has 1 saturated heterocycles. The molecule has 1 amide bonds. The van der Waals surface area contributed by atoms with Crippen molar-refractivity contribution in [2.45, 2.75) is 18.4 Å². The fourth-order valence-corrected chi connectivity index (χ4v) is 2.77. The summed E-state index contributed by atoms with van der Waals surface area (Å²) in [6.07, 6.45) is 5.89. The lowest BCUT2D eigenvalue weighted by Crippen LogP contribution is -2.46. The number of aromatic nitrogens is 2. The fourth-order valence-electron chi connectivity index (χ4n) is 2.53. The number of carbonyl (C=O) groups is 1. The van der Waals surface area contributed by atoms with Crippen LogP contribution in [-0.2, 0) is 9.53 Å². The highest BCUT2D eigenvalue weighted by atomic mass is 35.5. The number of amides is 1. The number of pyridine rings is 1. The van der Waals surface area contributed by atoms with Gasteiger partial charge in [-0.05, 0) is 18.2 Å². The Labute approximate surface area is 138 Å². The van der Waals surface area contributed by atoms with Gasteiger partial charge in [-0.15, -0.1) is 0 Å². The fraction of sp³-hybridized carbons (Fsp3) is 0.375. The number of ether oxygens (including phenoxy) is 1. The minimum atomic E-state index is -0.886. The van der Waals surface area contributed by atoms with E-state index in [2.05, 4.69) is 10.3 Å². The van der Waals surface area contributed by atoms with Gasteiger partial charge in [0.1, 0.15) is 5.65 Å². The molecule has 3 rings (SSSR count). The van der Waals surface area contributed by atoms with E-state index in [0.717, 1.165) is 0 Å². The van der Waals surface area contributed by atoms with Crippen LogP contribution in [0.25, 0.3) is 11.7 Å². The maximum Gasteiger partial charge on any atom is 0.244 e. The Kier molecular flexibility index (Phi) is 4.66. The number of rotatable bonds is 4. The van der Waals surface area contributed by atoms with Crippen LogP contribution in [0.5, 0.6) is 0 Å². The molecule has 0 unspecified atom stereocenters. The van der Waals surface area contributed by atoms with Gasteiger partial charge in [0.05, 0.1) is 11.3 Å². The van der Waals surface area contributed by atoms with Crippen molar-refractivity contribution < 1.29 is 14.6 Å². The number of fused-ring (bicyclic) bond motifs is 1. The van der Waals surface area contributed by atoms with Crippen LogP contribution < -0.4 is 5.32 Å². The number of hydrogen-bond donors (Lipinski definition) is 2. The Balaban J connectivity index is 1.65. The Morgan fingerprint density at radius 1 is 1.48 bits per heavy atom. The SMILES string of the molecule is O=C(C=Cc1c(Cl)nc2ccccn12)NCC1(O)CCOCC1. The van der Waals surface area contributed by atoms with Gasteiger partial charge in [-0.25, -0.2) is 4.98 Å². The summed E-state index contributed by atoms with van der Waals surface area (Å²) in [5.74, 6) is -0.285. The number of halogens is 1. The summed E-state index contributed by atoms with van der Waals surface area (Å²) in [5.41, 5.74) is 0.471. The van der Waals surface area contributed by atoms with Crippen LogP contribution in [0.2, 0.25) is 5.15 Å². The van der Waals surface area contributed by atoms with E-state index in [9.17, 15) is 9.90 Å². The molecule has 1 fully saturated rings. The van der Waals surface area contributed by atoms with Gasteiger partial charge in [-0.1, -0.05) is 17.7 Å². The highest BCUT2D eigenvalue weighted by Gasteiger charge is 2.29. The van der Waals surface area contributed by atoms with Crippen molar-refractivity contribution in [1.82, 2.24) is 14.7 Å². The smallest absolute Gasteiger partial charge is 0.244 e. The lowest BCUT2D eigenvalue weighted by molar-refractivity contribution is -0.119. The molecule has 0 aromatic carbocycles.